The van der Waals surface area contributed by atoms with Crippen molar-refractivity contribution in [2.24, 2.45) is 0 Å². The lowest BCUT2D eigenvalue weighted by molar-refractivity contribution is 1.17. The zero-order valence-electron chi connectivity index (χ0n) is 7.88. The molecule has 0 amide bonds. The summed E-state index contributed by atoms with van der Waals surface area (Å²) in [6.07, 6.45) is 3.12. The third-order valence-corrected chi connectivity index (χ3v) is 1.85. The summed E-state index contributed by atoms with van der Waals surface area (Å²) in [5, 5.41) is 11.8. The monoisotopic (exact) mass is 196 g/mol. The summed E-state index contributed by atoms with van der Waals surface area (Å²) in [4.78, 5) is 7.84. The van der Waals surface area contributed by atoms with E-state index in [9.17, 15) is 0 Å². The fourth-order valence-corrected chi connectivity index (χ4v) is 1.18. The Morgan fingerprint density at radius 3 is 2.93 bits per heavy atom. The molecular weight excluding hydrogens is 188 g/mol. The number of hydrogen-bond donors (Lipinski definition) is 1. The first-order chi connectivity index (χ1) is 7.38. The highest BCUT2D eigenvalue weighted by atomic mass is 15.0. The van der Waals surface area contributed by atoms with Crippen LogP contribution in [-0.2, 0) is 0 Å². The predicted molar refractivity (Wildman–Crippen MR) is 56.5 cm³/mol. The SMILES string of the molecule is N#Cc1cccc(Nc2ccncn2)c1. The Hall–Kier alpha value is -2.41. The molecule has 0 aliphatic carbocycles. The predicted octanol–water partition coefficient (Wildman–Crippen LogP) is 2.09. The van der Waals surface area contributed by atoms with Gasteiger partial charge in [0.15, 0.2) is 0 Å². The molecule has 15 heavy (non-hydrogen) atoms. The molecule has 0 spiro atoms. The van der Waals surface area contributed by atoms with Crippen LogP contribution in [0.2, 0.25) is 0 Å². The molecule has 0 bridgehead atoms. The quantitative estimate of drug-likeness (QED) is 0.798. The molecule has 0 saturated carbocycles. The second-order valence-electron chi connectivity index (χ2n) is 2.91. The van der Waals surface area contributed by atoms with Gasteiger partial charge in [0, 0.05) is 11.9 Å². The Kier molecular flexibility index (Phi) is 2.56. The minimum atomic E-state index is 0.619. The van der Waals surface area contributed by atoms with Crippen LogP contribution >= 0.6 is 0 Å². The van der Waals surface area contributed by atoms with Crippen molar-refractivity contribution in [1.29, 1.82) is 5.26 Å². The van der Waals surface area contributed by atoms with Gasteiger partial charge >= 0.3 is 0 Å². The van der Waals surface area contributed by atoms with Gasteiger partial charge in [-0.15, -0.1) is 0 Å². The summed E-state index contributed by atoms with van der Waals surface area (Å²) >= 11 is 0. The van der Waals surface area contributed by atoms with Crippen molar-refractivity contribution in [1.82, 2.24) is 9.97 Å². The Labute approximate surface area is 87.2 Å². The van der Waals surface area contributed by atoms with E-state index in [0.717, 1.165) is 5.69 Å². The summed E-state index contributed by atoms with van der Waals surface area (Å²) < 4.78 is 0. The molecule has 0 aliphatic rings. The van der Waals surface area contributed by atoms with Gasteiger partial charge in [-0.2, -0.15) is 5.26 Å². The van der Waals surface area contributed by atoms with E-state index in [0.29, 0.717) is 11.4 Å². The smallest absolute Gasteiger partial charge is 0.133 e. The van der Waals surface area contributed by atoms with Crippen LogP contribution in [0.1, 0.15) is 5.56 Å². The Morgan fingerprint density at radius 1 is 1.27 bits per heavy atom. The van der Waals surface area contributed by atoms with E-state index in [1.165, 1.54) is 6.33 Å². The van der Waals surface area contributed by atoms with Crippen LogP contribution in [0.3, 0.4) is 0 Å². The molecule has 4 heteroatoms. The van der Waals surface area contributed by atoms with Gasteiger partial charge in [-0.25, -0.2) is 9.97 Å². The van der Waals surface area contributed by atoms with E-state index in [1.807, 2.05) is 12.1 Å². The second kappa shape index (κ2) is 4.20. The molecule has 0 unspecified atom stereocenters. The van der Waals surface area contributed by atoms with E-state index >= 15 is 0 Å². The van der Waals surface area contributed by atoms with Gasteiger partial charge in [0.25, 0.3) is 0 Å². The third kappa shape index (κ3) is 2.29. The Morgan fingerprint density at radius 2 is 2.20 bits per heavy atom. The molecule has 0 atom stereocenters. The summed E-state index contributed by atoms with van der Waals surface area (Å²) in [6.45, 7) is 0. The number of nitrogens with one attached hydrogen (secondary N) is 1. The number of benzene rings is 1. The average Bonchev–Trinajstić information content (AvgIpc) is 2.31. The molecule has 1 aromatic heterocycles. The van der Waals surface area contributed by atoms with Crippen LogP contribution in [-0.4, -0.2) is 9.97 Å². The summed E-state index contributed by atoms with van der Waals surface area (Å²) in [5.74, 6) is 0.708. The number of hydrogen-bond acceptors (Lipinski definition) is 4. The Balaban J connectivity index is 2.22. The second-order valence-corrected chi connectivity index (χ2v) is 2.91. The fraction of sp³-hybridized carbons (Fsp3) is 0. The highest BCUT2D eigenvalue weighted by Crippen LogP contribution is 2.14. The molecule has 0 aliphatic heterocycles. The van der Waals surface area contributed by atoms with Gasteiger partial charge in [-0.1, -0.05) is 6.07 Å². The van der Waals surface area contributed by atoms with Gasteiger partial charge in [0.05, 0.1) is 11.6 Å². The van der Waals surface area contributed by atoms with E-state index in [4.69, 9.17) is 5.26 Å². The Bertz CT molecular complexity index is 487. The lowest BCUT2D eigenvalue weighted by atomic mass is 10.2. The lowest BCUT2D eigenvalue weighted by Gasteiger charge is -2.04. The molecule has 0 fully saturated rings. The van der Waals surface area contributed by atoms with Crippen molar-refractivity contribution in [2.45, 2.75) is 0 Å². The average molecular weight is 196 g/mol. The van der Waals surface area contributed by atoms with Gasteiger partial charge in [0.2, 0.25) is 0 Å². The molecule has 0 radical (unpaired) electrons. The summed E-state index contributed by atoms with van der Waals surface area (Å²) in [5.41, 5.74) is 1.46. The van der Waals surface area contributed by atoms with Crippen molar-refractivity contribution < 1.29 is 0 Å². The van der Waals surface area contributed by atoms with Crippen LogP contribution in [0.5, 0.6) is 0 Å². The molecule has 1 aromatic carbocycles. The van der Waals surface area contributed by atoms with Crippen LogP contribution in [0.25, 0.3) is 0 Å². The van der Waals surface area contributed by atoms with Crippen LogP contribution < -0.4 is 5.32 Å². The molecule has 0 saturated heterocycles. The van der Waals surface area contributed by atoms with Crippen molar-refractivity contribution in [3.63, 3.8) is 0 Å². The molecule has 72 valence electrons. The molecule has 2 rings (SSSR count). The molecular formula is C11H8N4. The largest absolute Gasteiger partial charge is 0.340 e. The first kappa shape index (κ1) is 9.16. The lowest BCUT2D eigenvalue weighted by Crippen LogP contribution is -1.93. The number of nitrogens with zero attached hydrogens (tertiary/aromatic N) is 3. The van der Waals surface area contributed by atoms with Crippen molar-refractivity contribution in [3.05, 3.63) is 48.4 Å². The van der Waals surface area contributed by atoms with Crippen molar-refractivity contribution >= 4 is 11.5 Å². The van der Waals surface area contributed by atoms with Gasteiger partial charge < -0.3 is 5.32 Å². The third-order valence-electron chi connectivity index (χ3n) is 1.85. The van der Waals surface area contributed by atoms with Gasteiger partial charge in [-0.3, -0.25) is 0 Å². The maximum Gasteiger partial charge on any atom is 0.133 e. The first-order valence-corrected chi connectivity index (χ1v) is 4.42. The fourth-order valence-electron chi connectivity index (χ4n) is 1.18. The normalized spacial score (nSPS) is 9.27. The maximum atomic E-state index is 8.72. The number of rotatable bonds is 2. The minimum absolute atomic E-state index is 0.619. The number of anilines is 2. The molecule has 2 aromatic rings. The topological polar surface area (TPSA) is 61.6 Å². The molecule has 4 nitrogen and oxygen atoms in total. The highest BCUT2D eigenvalue weighted by molar-refractivity contribution is 5.57. The zero-order chi connectivity index (χ0) is 10.5. The molecule has 1 heterocycles. The first-order valence-electron chi connectivity index (χ1n) is 4.42. The van der Waals surface area contributed by atoms with Crippen LogP contribution in [0.15, 0.2) is 42.9 Å². The van der Waals surface area contributed by atoms with E-state index in [1.54, 1.807) is 24.4 Å². The van der Waals surface area contributed by atoms with E-state index in [2.05, 4.69) is 21.4 Å². The zero-order valence-corrected chi connectivity index (χ0v) is 7.88. The number of aromatic nitrogens is 2. The van der Waals surface area contributed by atoms with Gasteiger partial charge in [-0.05, 0) is 24.3 Å². The van der Waals surface area contributed by atoms with Crippen molar-refractivity contribution in [2.75, 3.05) is 5.32 Å². The van der Waals surface area contributed by atoms with Crippen molar-refractivity contribution in [3.8, 4) is 6.07 Å². The molecule has 1 N–H and O–H groups in total. The van der Waals surface area contributed by atoms with Gasteiger partial charge in [0.1, 0.15) is 12.1 Å². The minimum Gasteiger partial charge on any atom is -0.340 e. The summed E-state index contributed by atoms with van der Waals surface area (Å²) in [6, 6.07) is 11.1. The van der Waals surface area contributed by atoms with Crippen LogP contribution in [0.4, 0.5) is 11.5 Å². The van der Waals surface area contributed by atoms with E-state index in [-0.39, 0.29) is 0 Å². The van der Waals surface area contributed by atoms with E-state index < -0.39 is 0 Å². The maximum absolute atomic E-state index is 8.72. The summed E-state index contributed by atoms with van der Waals surface area (Å²) in [7, 11) is 0. The van der Waals surface area contributed by atoms with Crippen LogP contribution in [0, 0.1) is 11.3 Å². The highest BCUT2D eigenvalue weighted by Gasteiger charge is 1.96. The number of nitriles is 1. The standard InChI is InChI=1S/C11H8N4/c12-7-9-2-1-3-10(6-9)15-11-4-5-13-8-14-11/h1-6,8H,(H,13,14,15).